The summed E-state index contributed by atoms with van der Waals surface area (Å²) >= 11 is 0. The van der Waals surface area contributed by atoms with Crippen molar-refractivity contribution in [1.29, 1.82) is 0 Å². The highest BCUT2D eigenvalue weighted by Crippen LogP contribution is 2.48. The zero-order valence-electron chi connectivity index (χ0n) is 11.6. The van der Waals surface area contributed by atoms with Gasteiger partial charge in [0, 0.05) is 32.7 Å². The Labute approximate surface area is 114 Å². The minimum absolute atomic E-state index is 0.118. The summed E-state index contributed by atoms with van der Waals surface area (Å²) < 4.78 is 4.99. The van der Waals surface area contributed by atoms with E-state index in [0.717, 1.165) is 6.42 Å². The molecule has 1 aliphatic carbocycles. The molecule has 1 aromatic rings. The van der Waals surface area contributed by atoms with Crippen molar-refractivity contribution >= 4 is 5.91 Å². The highest BCUT2D eigenvalue weighted by molar-refractivity contribution is 5.82. The van der Waals surface area contributed by atoms with E-state index in [4.69, 9.17) is 10.5 Å². The minimum Gasteiger partial charge on any atom is -0.383 e. The molecule has 3 atom stereocenters. The first-order chi connectivity index (χ1) is 9.13. The van der Waals surface area contributed by atoms with E-state index in [1.807, 2.05) is 25.2 Å². The van der Waals surface area contributed by atoms with Gasteiger partial charge in [-0.25, -0.2) is 0 Å². The van der Waals surface area contributed by atoms with Crippen molar-refractivity contribution < 1.29 is 9.53 Å². The third-order valence-corrected chi connectivity index (χ3v) is 3.60. The summed E-state index contributed by atoms with van der Waals surface area (Å²) in [4.78, 5) is 14.0. The molecular formula is C15H22N2O2. The lowest BCUT2D eigenvalue weighted by atomic mass is 10.1. The van der Waals surface area contributed by atoms with Crippen molar-refractivity contribution in [2.45, 2.75) is 18.4 Å². The lowest BCUT2D eigenvalue weighted by Gasteiger charge is -2.21. The van der Waals surface area contributed by atoms with Crippen molar-refractivity contribution in [2.75, 3.05) is 27.3 Å². The van der Waals surface area contributed by atoms with Crippen LogP contribution in [0.15, 0.2) is 30.3 Å². The Hall–Kier alpha value is -1.39. The van der Waals surface area contributed by atoms with Crippen LogP contribution in [0.3, 0.4) is 0 Å². The van der Waals surface area contributed by atoms with E-state index in [0.29, 0.717) is 19.1 Å². The number of carbonyl (C=O) groups is 1. The molecule has 19 heavy (non-hydrogen) atoms. The molecule has 0 bridgehead atoms. The van der Waals surface area contributed by atoms with Gasteiger partial charge in [0.1, 0.15) is 0 Å². The Balaban J connectivity index is 1.85. The average Bonchev–Trinajstić information content (AvgIpc) is 3.19. The summed E-state index contributed by atoms with van der Waals surface area (Å²) in [6, 6.07) is 10.1. The highest BCUT2D eigenvalue weighted by Gasteiger charge is 2.45. The Morgan fingerprint density at radius 2 is 2.16 bits per heavy atom. The summed E-state index contributed by atoms with van der Waals surface area (Å²) in [5.74, 6) is 0.706. The topological polar surface area (TPSA) is 55.6 Å². The molecule has 1 aliphatic rings. The molecule has 0 heterocycles. The van der Waals surface area contributed by atoms with Crippen LogP contribution in [0.4, 0.5) is 0 Å². The summed E-state index contributed by atoms with van der Waals surface area (Å²) in [6.07, 6.45) is 0.951. The number of hydrogen-bond donors (Lipinski definition) is 1. The molecule has 4 heteroatoms. The first-order valence-corrected chi connectivity index (χ1v) is 6.68. The van der Waals surface area contributed by atoms with Gasteiger partial charge < -0.3 is 15.4 Å². The van der Waals surface area contributed by atoms with Gasteiger partial charge in [0.2, 0.25) is 5.91 Å². The van der Waals surface area contributed by atoms with Crippen LogP contribution in [0.2, 0.25) is 0 Å². The van der Waals surface area contributed by atoms with Crippen LogP contribution in [-0.4, -0.2) is 44.2 Å². The van der Waals surface area contributed by atoms with Crippen molar-refractivity contribution in [3.05, 3.63) is 35.9 Å². The first kappa shape index (κ1) is 14.0. The molecule has 0 aromatic heterocycles. The molecule has 0 aliphatic heterocycles. The van der Waals surface area contributed by atoms with E-state index in [1.54, 1.807) is 12.0 Å². The fourth-order valence-corrected chi connectivity index (χ4v) is 2.53. The number of amides is 1. The smallest absolute Gasteiger partial charge is 0.226 e. The Morgan fingerprint density at radius 3 is 2.79 bits per heavy atom. The van der Waals surface area contributed by atoms with E-state index in [-0.39, 0.29) is 17.9 Å². The Morgan fingerprint density at radius 1 is 1.47 bits per heavy atom. The number of benzene rings is 1. The molecule has 0 saturated heterocycles. The van der Waals surface area contributed by atoms with Gasteiger partial charge in [0.05, 0.1) is 6.61 Å². The second kappa shape index (κ2) is 6.17. The number of nitrogens with two attached hydrogens (primary N) is 1. The van der Waals surface area contributed by atoms with Crippen LogP contribution < -0.4 is 5.73 Å². The zero-order valence-corrected chi connectivity index (χ0v) is 11.6. The molecule has 2 rings (SSSR count). The van der Waals surface area contributed by atoms with Crippen molar-refractivity contribution in [2.24, 2.45) is 11.7 Å². The molecule has 1 aromatic carbocycles. The third kappa shape index (κ3) is 3.55. The standard InChI is InChI=1S/C15H22N2O2/c1-17(9-12(16)10-19-2)15(18)14-8-13(14)11-6-4-3-5-7-11/h3-7,12-14H,8-10,16H2,1-2H3. The van der Waals surface area contributed by atoms with Crippen molar-refractivity contribution in [3.63, 3.8) is 0 Å². The van der Waals surface area contributed by atoms with Crippen LogP contribution in [0, 0.1) is 5.92 Å². The van der Waals surface area contributed by atoms with E-state index < -0.39 is 0 Å². The molecule has 4 nitrogen and oxygen atoms in total. The number of likely N-dealkylation sites (N-methyl/N-ethyl adjacent to an activating group) is 1. The highest BCUT2D eigenvalue weighted by atomic mass is 16.5. The quantitative estimate of drug-likeness (QED) is 0.838. The SMILES string of the molecule is COCC(N)CN(C)C(=O)C1CC1c1ccccc1. The number of rotatable bonds is 6. The van der Waals surface area contributed by atoms with E-state index in [9.17, 15) is 4.79 Å². The van der Waals surface area contributed by atoms with Gasteiger partial charge in [-0.2, -0.15) is 0 Å². The number of hydrogen-bond acceptors (Lipinski definition) is 3. The van der Waals surface area contributed by atoms with Gasteiger partial charge in [-0.05, 0) is 17.9 Å². The first-order valence-electron chi connectivity index (χ1n) is 6.68. The molecular weight excluding hydrogens is 240 g/mol. The van der Waals surface area contributed by atoms with Crippen LogP contribution in [0.5, 0.6) is 0 Å². The van der Waals surface area contributed by atoms with E-state index in [1.165, 1.54) is 5.56 Å². The maximum Gasteiger partial charge on any atom is 0.226 e. The largest absolute Gasteiger partial charge is 0.383 e. The summed E-state index contributed by atoms with van der Waals surface area (Å²) in [5, 5.41) is 0. The van der Waals surface area contributed by atoms with Gasteiger partial charge in [-0.15, -0.1) is 0 Å². The molecule has 104 valence electrons. The zero-order chi connectivity index (χ0) is 13.8. The molecule has 0 spiro atoms. The summed E-state index contributed by atoms with van der Waals surface area (Å²) in [6.45, 7) is 1.02. The fourth-order valence-electron chi connectivity index (χ4n) is 2.53. The van der Waals surface area contributed by atoms with Crippen LogP contribution in [0.1, 0.15) is 17.9 Å². The number of ether oxygens (including phenoxy) is 1. The van der Waals surface area contributed by atoms with Gasteiger partial charge in [-0.1, -0.05) is 30.3 Å². The second-order valence-electron chi connectivity index (χ2n) is 5.29. The third-order valence-electron chi connectivity index (χ3n) is 3.60. The fraction of sp³-hybridized carbons (Fsp3) is 0.533. The lowest BCUT2D eigenvalue weighted by molar-refractivity contribution is -0.131. The second-order valence-corrected chi connectivity index (χ2v) is 5.29. The van der Waals surface area contributed by atoms with Crippen LogP contribution in [0.25, 0.3) is 0 Å². The predicted molar refractivity (Wildman–Crippen MR) is 74.8 cm³/mol. The number of methoxy groups -OCH3 is 1. The molecule has 2 N–H and O–H groups in total. The van der Waals surface area contributed by atoms with Gasteiger partial charge in [-0.3, -0.25) is 4.79 Å². The monoisotopic (exact) mass is 262 g/mol. The summed E-state index contributed by atoms with van der Waals surface area (Å²) in [7, 11) is 3.44. The molecule has 1 amide bonds. The average molecular weight is 262 g/mol. The molecule has 1 fully saturated rings. The normalized spacial score (nSPS) is 22.9. The Bertz CT molecular complexity index is 421. The van der Waals surface area contributed by atoms with Crippen LogP contribution >= 0.6 is 0 Å². The van der Waals surface area contributed by atoms with Gasteiger partial charge >= 0.3 is 0 Å². The number of nitrogens with zero attached hydrogens (tertiary/aromatic N) is 1. The maximum atomic E-state index is 12.3. The van der Waals surface area contributed by atoms with Crippen LogP contribution in [-0.2, 0) is 9.53 Å². The minimum atomic E-state index is -0.118. The van der Waals surface area contributed by atoms with Gasteiger partial charge in [0.25, 0.3) is 0 Å². The maximum absolute atomic E-state index is 12.3. The Kier molecular flexibility index (Phi) is 4.56. The lowest BCUT2D eigenvalue weighted by Crippen LogP contribution is -2.41. The van der Waals surface area contributed by atoms with E-state index >= 15 is 0 Å². The van der Waals surface area contributed by atoms with Gasteiger partial charge in [0.15, 0.2) is 0 Å². The molecule has 3 unspecified atom stereocenters. The summed E-state index contributed by atoms with van der Waals surface area (Å²) in [5.41, 5.74) is 7.13. The predicted octanol–water partition coefficient (Wildman–Crippen LogP) is 1.22. The van der Waals surface area contributed by atoms with Crippen molar-refractivity contribution in [3.8, 4) is 0 Å². The molecule has 0 radical (unpaired) electrons. The van der Waals surface area contributed by atoms with Crippen molar-refractivity contribution in [1.82, 2.24) is 4.90 Å². The number of carbonyl (C=O) groups excluding carboxylic acids is 1. The molecule has 1 saturated carbocycles. The van der Waals surface area contributed by atoms with E-state index in [2.05, 4.69) is 12.1 Å².